The van der Waals surface area contributed by atoms with Gasteiger partial charge in [0.25, 0.3) is 5.89 Å². The molecular formula is C10H13N3O2. The number of hydrogen-bond donors (Lipinski definition) is 1. The van der Waals surface area contributed by atoms with Gasteiger partial charge in [0.2, 0.25) is 0 Å². The van der Waals surface area contributed by atoms with Gasteiger partial charge in [-0.15, -0.1) is 0 Å². The second-order valence-corrected chi connectivity index (χ2v) is 3.24. The first-order chi connectivity index (χ1) is 7.33. The van der Waals surface area contributed by atoms with Crippen LogP contribution >= 0.6 is 0 Å². The Hall–Kier alpha value is -1.62. The molecule has 0 spiro atoms. The first-order valence-electron chi connectivity index (χ1n) is 4.95. The third-order valence-electron chi connectivity index (χ3n) is 2.02. The molecular weight excluding hydrogens is 194 g/mol. The van der Waals surface area contributed by atoms with Gasteiger partial charge in [-0.05, 0) is 18.6 Å². The zero-order valence-corrected chi connectivity index (χ0v) is 8.56. The Morgan fingerprint density at radius 3 is 2.93 bits per heavy atom. The monoisotopic (exact) mass is 207 g/mol. The Morgan fingerprint density at radius 1 is 1.40 bits per heavy atom. The number of nitrogens with zero attached hydrogens (tertiary/aromatic N) is 2. The summed E-state index contributed by atoms with van der Waals surface area (Å²) in [5.41, 5.74) is 5.43. The number of rotatable bonds is 4. The third kappa shape index (κ3) is 2.07. The molecule has 0 fully saturated rings. The van der Waals surface area contributed by atoms with Gasteiger partial charge >= 0.3 is 0 Å². The summed E-state index contributed by atoms with van der Waals surface area (Å²) in [5.74, 6) is 2.40. The van der Waals surface area contributed by atoms with Crippen LogP contribution in [-0.4, -0.2) is 10.1 Å². The molecule has 0 aliphatic heterocycles. The topological polar surface area (TPSA) is 78.1 Å². The van der Waals surface area contributed by atoms with Crippen molar-refractivity contribution in [2.24, 2.45) is 5.73 Å². The van der Waals surface area contributed by atoms with Crippen molar-refractivity contribution < 1.29 is 8.94 Å². The summed E-state index contributed by atoms with van der Waals surface area (Å²) in [6.45, 7) is 2.44. The molecule has 2 heterocycles. The van der Waals surface area contributed by atoms with Crippen molar-refractivity contribution in [3.05, 3.63) is 23.7 Å². The molecule has 15 heavy (non-hydrogen) atoms. The zero-order chi connectivity index (χ0) is 10.7. The highest BCUT2D eigenvalue weighted by molar-refractivity contribution is 5.44. The molecule has 2 N–H and O–H groups in total. The van der Waals surface area contributed by atoms with Crippen LogP contribution in [0.2, 0.25) is 0 Å². The van der Waals surface area contributed by atoms with E-state index in [1.165, 1.54) is 0 Å². The van der Waals surface area contributed by atoms with Crippen molar-refractivity contribution in [3.63, 3.8) is 0 Å². The van der Waals surface area contributed by atoms with Crippen LogP contribution in [0.25, 0.3) is 11.7 Å². The summed E-state index contributed by atoms with van der Waals surface area (Å²) in [7, 11) is 0. The van der Waals surface area contributed by atoms with Gasteiger partial charge in [0.05, 0.1) is 6.54 Å². The van der Waals surface area contributed by atoms with E-state index in [2.05, 4.69) is 17.1 Å². The molecule has 0 atom stereocenters. The summed E-state index contributed by atoms with van der Waals surface area (Å²) < 4.78 is 10.5. The first kappa shape index (κ1) is 9.92. The van der Waals surface area contributed by atoms with Crippen LogP contribution < -0.4 is 5.73 Å². The van der Waals surface area contributed by atoms with E-state index in [0.29, 0.717) is 29.8 Å². The van der Waals surface area contributed by atoms with Crippen molar-refractivity contribution in [2.75, 3.05) is 0 Å². The maximum absolute atomic E-state index is 5.43. The van der Waals surface area contributed by atoms with Gasteiger partial charge in [-0.3, -0.25) is 0 Å². The number of hydrogen-bond acceptors (Lipinski definition) is 5. The normalized spacial score (nSPS) is 10.8. The molecule has 0 unspecified atom stereocenters. The minimum atomic E-state index is 0.371. The molecule has 80 valence electrons. The van der Waals surface area contributed by atoms with E-state index < -0.39 is 0 Å². The quantitative estimate of drug-likeness (QED) is 0.826. The number of nitrogens with two attached hydrogens (primary N) is 1. The van der Waals surface area contributed by atoms with E-state index in [1.54, 1.807) is 12.1 Å². The smallest absolute Gasteiger partial charge is 0.293 e. The summed E-state index contributed by atoms with van der Waals surface area (Å²) in [5, 5.41) is 3.84. The van der Waals surface area contributed by atoms with E-state index >= 15 is 0 Å². The SMILES string of the molecule is CCCc1noc(-c2ccc(CN)o2)n1. The molecule has 2 aromatic rings. The lowest BCUT2D eigenvalue weighted by atomic mass is 10.3. The predicted molar refractivity (Wildman–Crippen MR) is 53.9 cm³/mol. The standard InChI is InChI=1S/C10H13N3O2/c1-2-3-9-12-10(15-13-9)8-5-4-7(6-11)14-8/h4-5H,2-3,6,11H2,1H3. The van der Waals surface area contributed by atoms with Crippen LogP contribution in [-0.2, 0) is 13.0 Å². The van der Waals surface area contributed by atoms with Gasteiger partial charge in [-0.2, -0.15) is 4.98 Å². The van der Waals surface area contributed by atoms with Crippen molar-refractivity contribution in [1.29, 1.82) is 0 Å². The fraction of sp³-hybridized carbons (Fsp3) is 0.400. The molecule has 2 aromatic heterocycles. The highest BCUT2D eigenvalue weighted by Crippen LogP contribution is 2.20. The summed E-state index contributed by atoms with van der Waals surface area (Å²) in [4.78, 5) is 4.21. The minimum absolute atomic E-state index is 0.371. The lowest BCUT2D eigenvalue weighted by molar-refractivity contribution is 0.404. The number of aryl methyl sites for hydroxylation is 1. The fourth-order valence-corrected chi connectivity index (χ4v) is 1.28. The van der Waals surface area contributed by atoms with Crippen LogP contribution in [0, 0.1) is 0 Å². The average molecular weight is 207 g/mol. The molecule has 2 rings (SSSR count). The van der Waals surface area contributed by atoms with E-state index in [1.807, 2.05) is 0 Å². The molecule has 0 saturated carbocycles. The average Bonchev–Trinajstić information content (AvgIpc) is 2.85. The lowest BCUT2D eigenvalue weighted by Crippen LogP contribution is -1.92. The fourth-order valence-electron chi connectivity index (χ4n) is 1.28. The summed E-state index contributed by atoms with van der Waals surface area (Å²) in [6, 6.07) is 3.59. The number of aromatic nitrogens is 2. The minimum Gasteiger partial charge on any atom is -0.455 e. The lowest BCUT2D eigenvalue weighted by Gasteiger charge is -1.87. The summed E-state index contributed by atoms with van der Waals surface area (Å²) >= 11 is 0. The maximum Gasteiger partial charge on any atom is 0.293 e. The third-order valence-corrected chi connectivity index (χ3v) is 2.02. The maximum atomic E-state index is 5.43. The van der Waals surface area contributed by atoms with Crippen LogP contribution in [0.1, 0.15) is 24.9 Å². The van der Waals surface area contributed by atoms with Gasteiger partial charge in [0, 0.05) is 6.42 Å². The Balaban J connectivity index is 2.21. The Bertz CT molecular complexity index is 433. The molecule has 0 aromatic carbocycles. The second-order valence-electron chi connectivity index (χ2n) is 3.24. The second kappa shape index (κ2) is 4.27. The molecule has 5 heteroatoms. The first-order valence-corrected chi connectivity index (χ1v) is 4.95. The Kier molecular flexibility index (Phi) is 2.82. The molecule has 0 radical (unpaired) electrons. The van der Waals surface area contributed by atoms with Crippen LogP contribution in [0.5, 0.6) is 0 Å². The van der Waals surface area contributed by atoms with Crippen molar-refractivity contribution in [1.82, 2.24) is 10.1 Å². The van der Waals surface area contributed by atoms with Crippen molar-refractivity contribution in [2.45, 2.75) is 26.3 Å². The zero-order valence-electron chi connectivity index (χ0n) is 8.56. The van der Waals surface area contributed by atoms with Crippen LogP contribution in [0.3, 0.4) is 0 Å². The highest BCUT2D eigenvalue weighted by atomic mass is 16.5. The van der Waals surface area contributed by atoms with E-state index in [4.69, 9.17) is 14.7 Å². The Labute approximate surface area is 87.3 Å². The predicted octanol–water partition coefficient (Wildman–Crippen LogP) is 1.74. The van der Waals surface area contributed by atoms with Crippen molar-refractivity contribution >= 4 is 0 Å². The van der Waals surface area contributed by atoms with Crippen molar-refractivity contribution in [3.8, 4) is 11.7 Å². The number of furan rings is 1. The van der Waals surface area contributed by atoms with Crippen LogP contribution in [0.15, 0.2) is 21.1 Å². The van der Waals surface area contributed by atoms with E-state index in [0.717, 1.165) is 12.8 Å². The van der Waals surface area contributed by atoms with E-state index in [9.17, 15) is 0 Å². The molecule has 5 nitrogen and oxygen atoms in total. The largest absolute Gasteiger partial charge is 0.455 e. The molecule has 0 saturated heterocycles. The highest BCUT2D eigenvalue weighted by Gasteiger charge is 2.11. The Morgan fingerprint density at radius 2 is 2.27 bits per heavy atom. The van der Waals surface area contributed by atoms with Crippen LogP contribution in [0.4, 0.5) is 0 Å². The molecule has 0 aliphatic carbocycles. The van der Waals surface area contributed by atoms with Gasteiger partial charge < -0.3 is 14.7 Å². The van der Waals surface area contributed by atoms with Gasteiger partial charge in [0.1, 0.15) is 5.76 Å². The van der Waals surface area contributed by atoms with E-state index in [-0.39, 0.29) is 0 Å². The summed E-state index contributed by atoms with van der Waals surface area (Å²) in [6.07, 6.45) is 1.80. The molecule has 0 bridgehead atoms. The molecule has 0 aliphatic rings. The van der Waals surface area contributed by atoms with Gasteiger partial charge in [0.15, 0.2) is 11.6 Å². The van der Waals surface area contributed by atoms with Gasteiger partial charge in [-0.25, -0.2) is 0 Å². The molecule has 0 amide bonds. The van der Waals surface area contributed by atoms with Gasteiger partial charge in [-0.1, -0.05) is 12.1 Å².